The standard InChI is InChI=1S/C13H14N4O3S/c1-14-11-7-13(16-12(15-11)8-20-2)21-10-5-3-9(4-6-10)17(18)19/h3-7H,8H2,1-2H3,(H,14,15,16). The first-order valence-electron chi connectivity index (χ1n) is 6.09. The highest BCUT2D eigenvalue weighted by Gasteiger charge is 2.08. The second-order valence-corrected chi connectivity index (χ2v) is 5.14. The summed E-state index contributed by atoms with van der Waals surface area (Å²) in [5.74, 6) is 1.27. The van der Waals surface area contributed by atoms with E-state index in [0.29, 0.717) is 18.2 Å². The number of nitrogens with zero attached hydrogens (tertiary/aromatic N) is 3. The largest absolute Gasteiger partial charge is 0.377 e. The fraction of sp³-hybridized carbons (Fsp3) is 0.231. The van der Waals surface area contributed by atoms with E-state index < -0.39 is 4.92 Å². The Morgan fingerprint density at radius 1 is 1.33 bits per heavy atom. The van der Waals surface area contributed by atoms with Crippen molar-refractivity contribution in [1.82, 2.24) is 9.97 Å². The molecule has 0 unspecified atom stereocenters. The molecule has 0 aliphatic carbocycles. The maximum absolute atomic E-state index is 10.6. The summed E-state index contributed by atoms with van der Waals surface area (Å²) in [6.07, 6.45) is 0. The van der Waals surface area contributed by atoms with E-state index >= 15 is 0 Å². The van der Waals surface area contributed by atoms with E-state index in [0.717, 1.165) is 9.92 Å². The number of nitro groups is 1. The number of aromatic nitrogens is 2. The van der Waals surface area contributed by atoms with Gasteiger partial charge in [0.1, 0.15) is 17.5 Å². The molecule has 1 aromatic heterocycles. The van der Waals surface area contributed by atoms with Crippen LogP contribution in [0.1, 0.15) is 5.82 Å². The Kier molecular flexibility index (Phi) is 5.07. The average Bonchev–Trinajstić information content (AvgIpc) is 2.48. The van der Waals surface area contributed by atoms with Crippen molar-refractivity contribution in [3.63, 3.8) is 0 Å². The molecule has 0 fully saturated rings. The van der Waals surface area contributed by atoms with E-state index in [-0.39, 0.29) is 5.69 Å². The number of ether oxygens (including phenoxy) is 1. The maximum Gasteiger partial charge on any atom is 0.269 e. The summed E-state index contributed by atoms with van der Waals surface area (Å²) in [5, 5.41) is 14.3. The minimum atomic E-state index is -0.422. The Morgan fingerprint density at radius 3 is 2.62 bits per heavy atom. The lowest BCUT2D eigenvalue weighted by Gasteiger charge is -2.07. The predicted octanol–water partition coefficient (Wildman–Crippen LogP) is 2.72. The van der Waals surface area contributed by atoms with E-state index in [4.69, 9.17) is 4.74 Å². The van der Waals surface area contributed by atoms with E-state index in [1.807, 2.05) is 6.07 Å². The molecule has 0 saturated carbocycles. The minimum Gasteiger partial charge on any atom is -0.377 e. The molecule has 21 heavy (non-hydrogen) atoms. The third-order valence-electron chi connectivity index (χ3n) is 2.55. The van der Waals surface area contributed by atoms with Gasteiger partial charge in [-0.1, -0.05) is 11.8 Å². The van der Waals surface area contributed by atoms with Crippen molar-refractivity contribution in [1.29, 1.82) is 0 Å². The second kappa shape index (κ2) is 7.00. The number of hydrogen-bond donors (Lipinski definition) is 1. The van der Waals surface area contributed by atoms with Gasteiger partial charge in [0.2, 0.25) is 0 Å². The van der Waals surface area contributed by atoms with Crippen LogP contribution in [0.5, 0.6) is 0 Å². The number of hydrogen-bond acceptors (Lipinski definition) is 7. The topological polar surface area (TPSA) is 90.2 Å². The molecule has 2 aromatic rings. The lowest BCUT2D eigenvalue weighted by Crippen LogP contribution is -2.02. The van der Waals surface area contributed by atoms with Crippen LogP contribution in [0.2, 0.25) is 0 Å². The van der Waals surface area contributed by atoms with Gasteiger partial charge in [0.05, 0.1) is 4.92 Å². The third-order valence-corrected chi connectivity index (χ3v) is 3.47. The van der Waals surface area contributed by atoms with Gasteiger partial charge in [0.15, 0.2) is 5.82 Å². The van der Waals surface area contributed by atoms with Crippen molar-refractivity contribution in [2.45, 2.75) is 16.5 Å². The van der Waals surface area contributed by atoms with Crippen LogP contribution >= 0.6 is 11.8 Å². The average molecular weight is 306 g/mol. The van der Waals surface area contributed by atoms with Crippen molar-refractivity contribution in [2.75, 3.05) is 19.5 Å². The number of rotatable bonds is 6. The van der Waals surface area contributed by atoms with Crippen LogP contribution < -0.4 is 5.32 Å². The van der Waals surface area contributed by atoms with Gasteiger partial charge in [0.25, 0.3) is 5.69 Å². The van der Waals surface area contributed by atoms with Crippen LogP contribution in [0, 0.1) is 10.1 Å². The second-order valence-electron chi connectivity index (χ2n) is 4.04. The molecule has 8 heteroatoms. The van der Waals surface area contributed by atoms with E-state index in [9.17, 15) is 10.1 Å². The summed E-state index contributed by atoms with van der Waals surface area (Å²) < 4.78 is 5.04. The van der Waals surface area contributed by atoms with Gasteiger partial charge in [-0.05, 0) is 12.1 Å². The lowest BCUT2D eigenvalue weighted by atomic mass is 10.3. The molecule has 2 rings (SSSR count). The van der Waals surface area contributed by atoms with E-state index in [1.165, 1.54) is 23.9 Å². The highest BCUT2D eigenvalue weighted by atomic mass is 32.2. The Morgan fingerprint density at radius 2 is 2.05 bits per heavy atom. The van der Waals surface area contributed by atoms with E-state index in [2.05, 4.69) is 15.3 Å². The van der Waals surface area contributed by atoms with Crippen LogP contribution in [0.3, 0.4) is 0 Å². The Hall–Kier alpha value is -2.19. The molecule has 0 radical (unpaired) electrons. The Labute approximate surface area is 125 Å². The molecule has 0 bridgehead atoms. The highest BCUT2D eigenvalue weighted by Crippen LogP contribution is 2.28. The zero-order valence-electron chi connectivity index (χ0n) is 11.6. The third kappa shape index (κ3) is 4.14. The molecule has 0 aliphatic heterocycles. The smallest absolute Gasteiger partial charge is 0.269 e. The summed E-state index contributed by atoms with van der Waals surface area (Å²) in [5.41, 5.74) is 0.0676. The lowest BCUT2D eigenvalue weighted by molar-refractivity contribution is -0.384. The summed E-state index contributed by atoms with van der Waals surface area (Å²) in [7, 11) is 3.36. The molecule has 1 heterocycles. The predicted molar refractivity (Wildman–Crippen MR) is 79.5 cm³/mol. The van der Waals surface area contributed by atoms with Gasteiger partial charge in [0, 0.05) is 37.3 Å². The number of methoxy groups -OCH3 is 1. The monoisotopic (exact) mass is 306 g/mol. The number of anilines is 1. The molecule has 0 atom stereocenters. The highest BCUT2D eigenvalue weighted by molar-refractivity contribution is 7.99. The molecule has 1 aromatic carbocycles. The van der Waals surface area contributed by atoms with Crippen LogP contribution in [-0.2, 0) is 11.3 Å². The fourth-order valence-corrected chi connectivity index (χ4v) is 2.44. The first-order chi connectivity index (χ1) is 10.1. The molecular weight excluding hydrogens is 292 g/mol. The Balaban J connectivity index is 2.21. The molecule has 0 spiro atoms. The Bertz CT molecular complexity index is 634. The van der Waals surface area contributed by atoms with Crippen molar-refractivity contribution in [3.05, 3.63) is 46.3 Å². The van der Waals surface area contributed by atoms with Crippen molar-refractivity contribution < 1.29 is 9.66 Å². The summed E-state index contributed by atoms with van der Waals surface area (Å²) >= 11 is 1.41. The van der Waals surface area contributed by atoms with Crippen molar-refractivity contribution in [3.8, 4) is 0 Å². The fourth-order valence-electron chi connectivity index (χ4n) is 1.60. The van der Waals surface area contributed by atoms with Gasteiger partial charge in [-0.2, -0.15) is 0 Å². The summed E-state index contributed by atoms with van der Waals surface area (Å²) in [6.45, 7) is 0.323. The number of nitro benzene ring substituents is 1. The van der Waals surface area contributed by atoms with Gasteiger partial charge in [-0.3, -0.25) is 10.1 Å². The van der Waals surface area contributed by atoms with Crippen molar-refractivity contribution in [2.24, 2.45) is 0 Å². The van der Waals surface area contributed by atoms with Crippen LogP contribution in [0.15, 0.2) is 40.3 Å². The van der Waals surface area contributed by atoms with Crippen LogP contribution in [0.4, 0.5) is 11.5 Å². The first kappa shape index (κ1) is 15.2. The summed E-state index contributed by atoms with van der Waals surface area (Å²) in [4.78, 5) is 19.7. The van der Waals surface area contributed by atoms with Gasteiger partial charge >= 0.3 is 0 Å². The number of non-ortho nitro benzene ring substituents is 1. The minimum absolute atomic E-state index is 0.0676. The quantitative estimate of drug-likeness (QED) is 0.498. The molecule has 0 aliphatic rings. The van der Waals surface area contributed by atoms with Gasteiger partial charge in [-0.15, -0.1) is 0 Å². The van der Waals surface area contributed by atoms with Crippen LogP contribution in [-0.4, -0.2) is 29.0 Å². The first-order valence-corrected chi connectivity index (χ1v) is 6.91. The zero-order valence-corrected chi connectivity index (χ0v) is 12.4. The number of nitrogens with one attached hydrogen (secondary N) is 1. The maximum atomic E-state index is 10.6. The number of benzene rings is 1. The van der Waals surface area contributed by atoms with Crippen molar-refractivity contribution >= 4 is 23.3 Å². The molecule has 0 amide bonds. The normalized spacial score (nSPS) is 10.4. The zero-order chi connectivity index (χ0) is 15.2. The molecular formula is C13H14N4O3S. The summed E-state index contributed by atoms with van der Waals surface area (Å²) in [6, 6.07) is 8.14. The molecule has 110 valence electrons. The molecule has 0 saturated heterocycles. The van der Waals surface area contributed by atoms with Gasteiger partial charge in [-0.25, -0.2) is 9.97 Å². The molecule has 7 nitrogen and oxygen atoms in total. The van der Waals surface area contributed by atoms with E-state index in [1.54, 1.807) is 26.3 Å². The molecule has 1 N–H and O–H groups in total. The van der Waals surface area contributed by atoms with Gasteiger partial charge < -0.3 is 10.1 Å². The van der Waals surface area contributed by atoms with Crippen LogP contribution in [0.25, 0.3) is 0 Å². The SMILES string of the molecule is CNc1cc(Sc2ccc([N+](=O)[O-])cc2)nc(COC)n1.